The van der Waals surface area contributed by atoms with Gasteiger partial charge < -0.3 is 10.5 Å². The molecule has 100 valence electrons. The summed E-state index contributed by atoms with van der Waals surface area (Å²) in [5, 5.41) is 8.63. The highest BCUT2D eigenvalue weighted by atomic mass is 16.5. The molecule has 1 aliphatic rings. The van der Waals surface area contributed by atoms with Crippen molar-refractivity contribution in [1.82, 2.24) is 9.97 Å². The lowest BCUT2D eigenvalue weighted by atomic mass is 10.2. The van der Waals surface area contributed by atoms with E-state index in [0.717, 1.165) is 24.2 Å². The Morgan fingerprint density at radius 1 is 1.25 bits per heavy atom. The molecule has 0 atom stereocenters. The average Bonchev–Trinajstić information content (AvgIpc) is 3.25. The summed E-state index contributed by atoms with van der Waals surface area (Å²) in [7, 11) is 0. The first kappa shape index (κ1) is 12.4. The van der Waals surface area contributed by atoms with Gasteiger partial charge in [0.1, 0.15) is 17.4 Å². The summed E-state index contributed by atoms with van der Waals surface area (Å²) in [6, 6.07) is 11.1. The number of nitrogens with two attached hydrogens (primary N) is 1. The molecule has 0 saturated heterocycles. The lowest BCUT2D eigenvalue weighted by Crippen LogP contribution is -2.00. The third-order valence-electron chi connectivity index (χ3n) is 3.11. The predicted molar refractivity (Wildman–Crippen MR) is 74.3 cm³/mol. The molecule has 1 aromatic heterocycles. The van der Waals surface area contributed by atoms with Gasteiger partial charge in [0, 0.05) is 12.0 Å². The van der Waals surface area contributed by atoms with Gasteiger partial charge in [0.25, 0.3) is 0 Å². The predicted octanol–water partition coefficient (Wildman–Crippen LogP) is 2.79. The molecule has 0 spiro atoms. The van der Waals surface area contributed by atoms with Crippen LogP contribution in [-0.4, -0.2) is 9.97 Å². The molecule has 1 aromatic carbocycles. The summed E-state index contributed by atoms with van der Waals surface area (Å²) in [6.45, 7) is 0. The summed E-state index contributed by atoms with van der Waals surface area (Å²) in [5.74, 6) is 2.76. The Labute approximate surface area is 117 Å². The van der Waals surface area contributed by atoms with E-state index < -0.39 is 0 Å². The molecular weight excluding hydrogens is 252 g/mol. The van der Waals surface area contributed by atoms with Crippen LogP contribution in [0.15, 0.2) is 30.3 Å². The number of nitrogens with zero attached hydrogens (tertiary/aromatic N) is 3. The van der Waals surface area contributed by atoms with Gasteiger partial charge in [0.15, 0.2) is 0 Å². The summed E-state index contributed by atoms with van der Waals surface area (Å²) < 4.78 is 5.70. The van der Waals surface area contributed by atoms with Gasteiger partial charge in [-0.15, -0.1) is 0 Å². The largest absolute Gasteiger partial charge is 0.439 e. The molecule has 0 amide bonds. The van der Waals surface area contributed by atoms with Crippen LogP contribution in [0.3, 0.4) is 0 Å². The van der Waals surface area contributed by atoms with Gasteiger partial charge in [-0.2, -0.15) is 10.2 Å². The van der Waals surface area contributed by atoms with Crippen molar-refractivity contribution in [1.29, 1.82) is 5.26 Å². The molecule has 2 aromatic rings. The van der Waals surface area contributed by atoms with E-state index in [-0.39, 0.29) is 0 Å². The van der Waals surface area contributed by atoms with E-state index in [0.29, 0.717) is 29.8 Å². The van der Waals surface area contributed by atoms with E-state index in [9.17, 15) is 0 Å². The van der Waals surface area contributed by atoms with E-state index in [4.69, 9.17) is 15.7 Å². The van der Waals surface area contributed by atoms with Crippen LogP contribution in [-0.2, 0) is 6.42 Å². The zero-order valence-electron chi connectivity index (χ0n) is 10.9. The quantitative estimate of drug-likeness (QED) is 0.919. The van der Waals surface area contributed by atoms with Crippen molar-refractivity contribution >= 4 is 5.82 Å². The Balaban J connectivity index is 1.78. The fraction of sp³-hybridized carbons (Fsp3) is 0.267. The second-order valence-corrected chi connectivity index (χ2v) is 4.84. The average molecular weight is 266 g/mol. The highest BCUT2D eigenvalue weighted by Crippen LogP contribution is 2.39. The minimum absolute atomic E-state index is 0.395. The standard InChI is InChI=1S/C15H14N4O/c16-8-7-10-1-5-12(6-2-10)20-14-9-13(17)18-15(19-14)11-3-4-11/h1-2,5-6,9,11H,3-4,7H2,(H2,17,18,19). The molecule has 5 heteroatoms. The Kier molecular flexibility index (Phi) is 3.21. The second-order valence-electron chi connectivity index (χ2n) is 4.84. The second kappa shape index (κ2) is 5.17. The first-order valence-electron chi connectivity index (χ1n) is 6.53. The number of ether oxygens (including phenoxy) is 1. The van der Waals surface area contributed by atoms with E-state index in [2.05, 4.69) is 16.0 Å². The number of rotatable bonds is 4. The van der Waals surface area contributed by atoms with Gasteiger partial charge in [-0.3, -0.25) is 0 Å². The maximum atomic E-state index is 8.63. The van der Waals surface area contributed by atoms with E-state index in [1.54, 1.807) is 6.07 Å². The molecule has 2 N–H and O–H groups in total. The van der Waals surface area contributed by atoms with Crippen LogP contribution >= 0.6 is 0 Å². The summed E-state index contributed by atoms with van der Waals surface area (Å²) in [4.78, 5) is 8.61. The normalized spacial score (nSPS) is 13.8. The Morgan fingerprint density at radius 3 is 2.65 bits per heavy atom. The number of hydrogen-bond donors (Lipinski definition) is 1. The smallest absolute Gasteiger partial charge is 0.224 e. The fourth-order valence-electron chi connectivity index (χ4n) is 1.92. The highest BCUT2D eigenvalue weighted by molar-refractivity contribution is 5.37. The molecular formula is C15H14N4O. The number of nitrogen functional groups attached to an aromatic ring is 1. The van der Waals surface area contributed by atoms with Gasteiger partial charge in [0.2, 0.25) is 5.88 Å². The first-order chi connectivity index (χ1) is 9.74. The maximum absolute atomic E-state index is 8.63. The van der Waals surface area contributed by atoms with Gasteiger partial charge in [-0.25, -0.2) is 4.98 Å². The Bertz CT molecular complexity index is 657. The molecule has 1 fully saturated rings. The molecule has 3 rings (SSSR count). The van der Waals surface area contributed by atoms with Crippen molar-refractivity contribution in [2.24, 2.45) is 0 Å². The first-order valence-corrected chi connectivity index (χ1v) is 6.53. The third-order valence-corrected chi connectivity index (χ3v) is 3.11. The number of benzene rings is 1. The number of aromatic nitrogens is 2. The summed E-state index contributed by atoms with van der Waals surface area (Å²) in [5.41, 5.74) is 6.73. The minimum atomic E-state index is 0.395. The minimum Gasteiger partial charge on any atom is -0.439 e. The van der Waals surface area contributed by atoms with Crippen molar-refractivity contribution in [3.63, 3.8) is 0 Å². The zero-order chi connectivity index (χ0) is 13.9. The van der Waals surface area contributed by atoms with Crippen LogP contribution in [0.1, 0.15) is 30.1 Å². The van der Waals surface area contributed by atoms with Crippen molar-refractivity contribution in [3.8, 4) is 17.7 Å². The van der Waals surface area contributed by atoms with Crippen LogP contribution in [0.2, 0.25) is 0 Å². The molecule has 0 bridgehead atoms. The van der Waals surface area contributed by atoms with Crippen molar-refractivity contribution in [3.05, 3.63) is 41.7 Å². The molecule has 0 unspecified atom stereocenters. The molecule has 1 aliphatic carbocycles. The van der Waals surface area contributed by atoms with Crippen LogP contribution in [0.25, 0.3) is 0 Å². The summed E-state index contributed by atoms with van der Waals surface area (Å²) >= 11 is 0. The lowest BCUT2D eigenvalue weighted by molar-refractivity contribution is 0.459. The van der Waals surface area contributed by atoms with Gasteiger partial charge in [-0.1, -0.05) is 12.1 Å². The molecule has 1 heterocycles. The number of hydrogen-bond acceptors (Lipinski definition) is 5. The van der Waals surface area contributed by atoms with Crippen molar-refractivity contribution in [2.75, 3.05) is 5.73 Å². The molecule has 0 radical (unpaired) electrons. The lowest BCUT2D eigenvalue weighted by Gasteiger charge is -2.07. The fourth-order valence-corrected chi connectivity index (χ4v) is 1.92. The molecule has 0 aliphatic heterocycles. The van der Waals surface area contributed by atoms with E-state index in [1.165, 1.54) is 0 Å². The van der Waals surface area contributed by atoms with Crippen LogP contribution < -0.4 is 10.5 Å². The summed E-state index contributed by atoms with van der Waals surface area (Å²) in [6.07, 6.45) is 2.63. The highest BCUT2D eigenvalue weighted by Gasteiger charge is 2.27. The van der Waals surface area contributed by atoms with Crippen molar-refractivity contribution in [2.45, 2.75) is 25.2 Å². The van der Waals surface area contributed by atoms with Crippen LogP contribution in [0.5, 0.6) is 11.6 Å². The number of nitriles is 1. The van der Waals surface area contributed by atoms with Crippen LogP contribution in [0.4, 0.5) is 5.82 Å². The molecule has 20 heavy (non-hydrogen) atoms. The van der Waals surface area contributed by atoms with Gasteiger partial charge >= 0.3 is 0 Å². The zero-order valence-corrected chi connectivity index (χ0v) is 10.9. The molecule has 5 nitrogen and oxygen atoms in total. The van der Waals surface area contributed by atoms with Gasteiger partial charge in [0.05, 0.1) is 12.5 Å². The topological polar surface area (TPSA) is 84.8 Å². The maximum Gasteiger partial charge on any atom is 0.224 e. The van der Waals surface area contributed by atoms with Crippen LogP contribution in [0, 0.1) is 11.3 Å². The Morgan fingerprint density at radius 2 is 2.00 bits per heavy atom. The Hall–Kier alpha value is -2.61. The number of anilines is 1. The SMILES string of the molecule is N#CCc1ccc(Oc2cc(N)nc(C3CC3)n2)cc1. The van der Waals surface area contributed by atoms with Gasteiger partial charge in [-0.05, 0) is 30.5 Å². The molecule has 1 saturated carbocycles. The van der Waals surface area contributed by atoms with E-state index in [1.807, 2.05) is 24.3 Å². The van der Waals surface area contributed by atoms with Crippen molar-refractivity contribution < 1.29 is 4.74 Å². The van der Waals surface area contributed by atoms with E-state index >= 15 is 0 Å². The monoisotopic (exact) mass is 266 g/mol. The third kappa shape index (κ3) is 2.86.